The highest BCUT2D eigenvalue weighted by Crippen LogP contribution is 2.24. The van der Waals surface area contributed by atoms with E-state index in [1.807, 2.05) is 85.8 Å². The van der Waals surface area contributed by atoms with Crippen LogP contribution in [0.1, 0.15) is 22.3 Å². The van der Waals surface area contributed by atoms with E-state index in [0.717, 1.165) is 27.9 Å². The molecule has 1 N–H and O–H groups in total. The van der Waals surface area contributed by atoms with Crippen molar-refractivity contribution in [3.05, 3.63) is 99.3 Å². The zero-order chi connectivity index (χ0) is 24.5. The van der Waals surface area contributed by atoms with Gasteiger partial charge in [0.15, 0.2) is 5.16 Å². The second-order valence-electron chi connectivity index (χ2n) is 8.56. The maximum atomic E-state index is 13.5. The van der Waals surface area contributed by atoms with Crippen LogP contribution in [-0.2, 0) is 11.3 Å². The van der Waals surface area contributed by atoms with Crippen LogP contribution in [0.25, 0.3) is 22.4 Å². The molecule has 0 saturated heterocycles. The molecule has 0 aliphatic carbocycles. The van der Waals surface area contributed by atoms with Crippen LogP contribution in [0, 0.1) is 20.8 Å². The number of nitrogens with zero attached hydrogens (tertiary/aromatic N) is 4. The number of hydrogen-bond donors (Lipinski definition) is 1. The molecule has 5 aromatic rings. The topological polar surface area (TPSA) is 81.3 Å². The first-order valence-corrected chi connectivity index (χ1v) is 12.3. The van der Waals surface area contributed by atoms with Crippen LogP contribution in [0.2, 0.25) is 0 Å². The van der Waals surface area contributed by atoms with Gasteiger partial charge in [0.2, 0.25) is 11.7 Å². The number of nitrogens with one attached hydrogen (secondary N) is 1. The van der Waals surface area contributed by atoms with Crippen LogP contribution in [0.3, 0.4) is 0 Å². The molecule has 0 spiro atoms. The largest absolute Gasteiger partial charge is 0.351 e. The molecule has 0 bridgehead atoms. The molecule has 0 atom stereocenters. The highest BCUT2D eigenvalue weighted by atomic mass is 32.2. The molecule has 0 aliphatic rings. The first-order valence-electron chi connectivity index (χ1n) is 11.3. The number of rotatable bonds is 6. The third-order valence-electron chi connectivity index (χ3n) is 6.06. The second-order valence-corrected chi connectivity index (χ2v) is 9.50. The fourth-order valence-electron chi connectivity index (χ4n) is 4.23. The summed E-state index contributed by atoms with van der Waals surface area (Å²) in [6.07, 6.45) is 0. The third kappa shape index (κ3) is 4.33. The number of benzene rings is 3. The monoisotopic (exact) mass is 483 g/mol. The summed E-state index contributed by atoms with van der Waals surface area (Å²) < 4.78 is 3.46. The lowest BCUT2D eigenvalue weighted by atomic mass is 10.1. The SMILES string of the molecule is Cc1ccc(-n2c(=O)c3ccccc3n3c(SCC(=O)NCc4ccccc4C)nnc23)c(C)c1. The van der Waals surface area contributed by atoms with Crippen LogP contribution in [0.15, 0.2) is 76.7 Å². The van der Waals surface area contributed by atoms with Crippen LogP contribution < -0.4 is 10.9 Å². The average Bonchev–Trinajstić information content (AvgIpc) is 3.27. The van der Waals surface area contributed by atoms with Crippen molar-refractivity contribution in [1.29, 1.82) is 0 Å². The van der Waals surface area contributed by atoms with E-state index < -0.39 is 0 Å². The number of aryl methyl sites for hydroxylation is 3. The number of aromatic nitrogens is 4. The Morgan fingerprint density at radius 3 is 2.51 bits per heavy atom. The van der Waals surface area contributed by atoms with Gasteiger partial charge in [0.25, 0.3) is 5.56 Å². The molecule has 176 valence electrons. The minimum atomic E-state index is -0.153. The van der Waals surface area contributed by atoms with Crippen LogP contribution >= 0.6 is 11.8 Å². The second kappa shape index (κ2) is 9.38. The molecule has 0 aliphatic heterocycles. The lowest BCUT2D eigenvalue weighted by molar-refractivity contribution is -0.118. The maximum Gasteiger partial charge on any atom is 0.267 e. The molecule has 7 nitrogen and oxygen atoms in total. The average molecular weight is 484 g/mol. The quantitative estimate of drug-likeness (QED) is 0.363. The summed E-state index contributed by atoms with van der Waals surface area (Å²) in [7, 11) is 0. The Labute approximate surface area is 206 Å². The van der Waals surface area contributed by atoms with Gasteiger partial charge in [-0.25, -0.2) is 4.57 Å². The first kappa shape index (κ1) is 22.9. The number of carbonyl (C=O) groups is 1. The number of para-hydroxylation sites is 1. The van der Waals surface area contributed by atoms with Crippen molar-refractivity contribution in [3.63, 3.8) is 0 Å². The molecule has 2 aromatic heterocycles. The van der Waals surface area contributed by atoms with Crippen molar-refractivity contribution in [2.75, 3.05) is 5.75 Å². The Morgan fingerprint density at radius 2 is 1.71 bits per heavy atom. The van der Waals surface area contributed by atoms with Gasteiger partial charge in [0.05, 0.1) is 22.3 Å². The summed E-state index contributed by atoms with van der Waals surface area (Å²) >= 11 is 1.30. The van der Waals surface area contributed by atoms with E-state index in [1.165, 1.54) is 11.8 Å². The van der Waals surface area contributed by atoms with Crippen LogP contribution in [0.4, 0.5) is 0 Å². The third-order valence-corrected chi connectivity index (χ3v) is 6.99. The number of fused-ring (bicyclic) bond motifs is 3. The summed E-state index contributed by atoms with van der Waals surface area (Å²) in [5.74, 6) is 0.509. The number of hydrogen-bond acceptors (Lipinski definition) is 5. The molecule has 2 heterocycles. The fourth-order valence-corrected chi connectivity index (χ4v) is 5.00. The summed E-state index contributed by atoms with van der Waals surface area (Å²) in [5, 5.41) is 12.8. The van der Waals surface area contributed by atoms with E-state index >= 15 is 0 Å². The zero-order valence-corrected chi connectivity index (χ0v) is 20.6. The molecule has 3 aromatic carbocycles. The van der Waals surface area contributed by atoms with E-state index in [0.29, 0.717) is 28.4 Å². The van der Waals surface area contributed by atoms with E-state index in [-0.39, 0.29) is 17.2 Å². The highest BCUT2D eigenvalue weighted by molar-refractivity contribution is 7.99. The standard InChI is InChI=1S/C27H25N5O2S/c1-17-12-13-22(19(3)14-17)31-25(34)21-10-6-7-11-23(21)32-26(31)29-30-27(32)35-16-24(33)28-15-20-9-5-4-8-18(20)2/h4-14H,15-16H2,1-3H3,(H,28,33). The summed E-state index contributed by atoms with van der Waals surface area (Å²) in [6.45, 7) is 6.50. The van der Waals surface area contributed by atoms with E-state index in [9.17, 15) is 9.59 Å². The molecular weight excluding hydrogens is 458 g/mol. The molecule has 0 fully saturated rings. The van der Waals surface area contributed by atoms with Crippen LogP contribution in [-0.4, -0.2) is 30.8 Å². The van der Waals surface area contributed by atoms with E-state index in [1.54, 1.807) is 10.6 Å². The lowest BCUT2D eigenvalue weighted by Crippen LogP contribution is -2.25. The van der Waals surface area contributed by atoms with Crippen molar-refractivity contribution in [3.8, 4) is 5.69 Å². The maximum absolute atomic E-state index is 13.5. The van der Waals surface area contributed by atoms with Crippen LogP contribution in [0.5, 0.6) is 0 Å². The van der Waals surface area contributed by atoms with Gasteiger partial charge in [-0.05, 0) is 55.7 Å². The van der Waals surface area contributed by atoms with Gasteiger partial charge >= 0.3 is 0 Å². The van der Waals surface area contributed by atoms with E-state index in [2.05, 4.69) is 15.5 Å². The van der Waals surface area contributed by atoms with Crippen molar-refractivity contribution in [2.45, 2.75) is 32.5 Å². The number of carbonyl (C=O) groups excluding carboxylic acids is 1. The predicted octanol–water partition coefficient (Wildman–Crippen LogP) is 4.37. The molecule has 0 unspecified atom stereocenters. The fraction of sp³-hybridized carbons (Fsp3) is 0.185. The molecule has 0 radical (unpaired) electrons. The predicted molar refractivity (Wildman–Crippen MR) is 139 cm³/mol. The van der Waals surface area contributed by atoms with Gasteiger partial charge in [-0.2, -0.15) is 0 Å². The highest BCUT2D eigenvalue weighted by Gasteiger charge is 2.19. The lowest BCUT2D eigenvalue weighted by Gasteiger charge is -2.13. The molecular formula is C27H25N5O2S. The smallest absolute Gasteiger partial charge is 0.267 e. The minimum Gasteiger partial charge on any atom is -0.351 e. The molecule has 35 heavy (non-hydrogen) atoms. The Balaban J connectivity index is 1.51. The Kier molecular flexibility index (Phi) is 6.13. The van der Waals surface area contributed by atoms with Crippen molar-refractivity contribution >= 4 is 34.3 Å². The molecule has 8 heteroatoms. The molecule has 0 saturated carbocycles. The zero-order valence-electron chi connectivity index (χ0n) is 19.8. The Morgan fingerprint density at radius 1 is 0.943 bits per heavy atom. The summed E-state index contributed by atoms with van der Waals surface area (Å²) in [5.41, 5.74) is 5.63. The van der Waals surface area contributed by atoms with Gasteiger partial charge < -0.3 is 5.32 Å². The normalized spacial score (nSPS) is 11.3. The van der Waals surface area contributed by atoms with Gasteiger partial charge in [0.1, 0.15) is 0 Å². The first-order chi connectivity index (χ1) is 16.9. The van der Waals surface area contributed by atoms with Crippen molar-refractivity contribution in [1.82, 2.24) is 24.5 Å². The van der Waals surface area contributed by atoms with Gasteiger partial charge in [0, 0.05) is 6.54 Å². The molecule has 5 rings (SSSR count). The number of amides is 1. The van der Waals surface area contributed by atoms with Gasteiger partial charge in [-0.1, -0.05) is 65.9 Å². The van der Waals surface area contributed by atoms with Gasteiger partial charge in [-0.15, -0.1) is 10.2 Å². The van der Waals surface area contributed by atoms with Gasteiger partial charge in [-0.3, -0.25) is 14.0 Å². The Bertz CT molecular complexity index is 1640. The van der Waals surface area contributed by atoms with Crippen molar-refractivity contribution < 1.29 is 4.79 Å². The Hall–Kier alpha value is -3.91. The van der Waals surface area contributed by atoms with Crippen molar-refractivity contribution in [2.24, 2.45) is 0 Å². The summed E-state index contributed by atoms with van der Waals surface area (Å²) in [6, 6.07) is 21.3. The number of thioether (sulfide) groups is 1. The summed E-state index contributed by atoms with van der Waals surface area (Å²) in [4.78, 5) is 26.1. The molecule has 1 amide bonds. The minimum absolute atomic E-state index is 0.0954. The van der Waals surface area contributed by atoms with E-state index in [4.69, 9.17) is 0 Å².